The van der Waals surface area contributed by atoms with Gasteiger partial charge in [-0.05, 0) is 17.7 Å². The molecule has 15 heavy (non-hydrogen) atoms. The number of benzene rings is 1. The van der Waals surface area contributed by atoms with Crippen LogP contribution in [0.2, 0.25) is 0 Å². The Hall–Kier alpha value is -1.54. The van der Waals surface area contributed by atoms with Crippen molar-refractivity contribution in [2.24, 2.45) is 0 Å². The Balaban J connectivity index is 2.83. The Morgan fingerprint density at radius 3 is 2.60 bits per heavy atom. The van der Waals surface area contributed by atoms with E-state index in [-0.39, 0.29) is 11.1 Å². The van der Waals surface area contributed by atoms with Gasteiger partial charge < -0.3 is 5.11 Å². The van der Waals surface area contributed by atoms with Crippen LogP contribution in [0.15, 0.2) is 24.3 Å². The number of aliphatic hydroxyl groups excluding tert-OH is 1. The first kappa shape index (κ1) is 11.5. The Morgan fingerprint density at radius 1 is 1.40 bits per heavy atom. The van der Waals surface area contributed by atoms with Crippen molar-refractivity contribution in [1.82, 2.24) is 0 Å². The van der Waals surface area contributed by atoms with Gasteiger partial charge in [-0.25, -0.2) is 0 Å². The van der Waals surface area contributed by atoms with E-state index in [1.807, 2.05) is 0 Å². The van der Waals surface area contributed by atoms with Crippen molar-refractivity contribution >= 4 is 0 Å². The summed E-state index contributed by atoms with van der Waals surface area (Å²) in [5.41, 5.74) is 0.333. The zero-order valence-corrected chi connectivity index (χ0v) is 7.62. The highest BCUT2D eigenvalue weighted by atomic mass is 19.4. The second kappa shape index (κ2) is 4.32. The van der Waals surface area contributed by atoms with Crippen LogP contribution in [0.3, 0.4) is 0 Å². The topological polar surface area (TPSA) is 44.0 Å². The van der Waals surface area contributed by atoms with E-state index >= 15 is 0 Å². The molecule has 1 unspecified atom stereocenters. The molecule has 1 aromatic carbocycles. The summed E-state index contributed by atoms with van der Waals surface area (Å²) in [4.78, 5) is 0. The fourth-order valence-corrected chi connectivity index (χ4v) is 1.15. The molecule has 0 radical (unpaired) electrons. The summed E-state index contributed by atoms with van der Waals surface area (Å²) in [5, 5.41) is 17.8. The van der Waals surface area contributed by atoms with Crippen molar-refractivity contribution in [3.8, 4) is 6.07 Å². The SMILES string of the molecule is N#Cc1cccc(C(O)CC(F)(F)F)c1. The number of aliphatic hydroxyl groups is 1. The number of halogens is 3. The highest BCUT2D eigenvalue weighted by molar-refractivity contribution is 5.33. The normalized spacial score (nSPS) is 13.3. The molecule has 1 N–H and O–H groups in total. The molecule has 0 bridgehead atoms. The van der Waals surface area contributed by atoms with Gasteiger partial charge in [-0.3, -0.25) is 0 Å². The largest absolute Gasteiger partial charge is 0.391 e. The van der Waals surface area contributed by atoms with Gasteiger partial charge in [0.05, 0.1) is 24.2 Å². The second-order valence-electron chi connectivity index (χ2n) is 3.07. The van der Waals surface area contributed by atoms with Crippen molar-refractivity contribution < 1.29 is 18.3 Å². The number of alkyl halides is 3. The number of hydrogen-bond acceptors (Lipinski definition) is 2. The molecule has 1 rings (SSSR count). The Kier molecular flexibility index (Phi) is 3.32. The molecule has 0 heterocycles. The first-order chi connectivity index (χ1) is 6.92. The van der Waals surface area contributed by atoms with Crippen LogP contribution in [0.1, 0.15) is 23.7 Å². The van der Waals surface area contributed by atoms with Crippen LogP contribution in [0, 0.1) is 11.3 Å². The Bertz CT molecular complexity index is 381. The Labute approximate surface area is 84.6 Å². The molecule has 0 aromatic heterocycles. The summed E-state index contributed by atoms with van der Waals surface area (Å²) in [6, 6.07) is 7.30. The third-order valence-electron chi connectivity index (χ3n) is 1.83. The molecule has 80 valence electrons. The van der Waals surface area contributed by atoms with E-state index in [2.05, 4.69) is 0 Å². The summed E-state index contributed by atoms with van der Waals surface area (Å²) in [7, 11) is 0. The highest BCUT2D eigenvalue weighted by Crippen LogP contribution is 2.29. The predicted molar refractivity (Wildman–Crippen MR) is 46.8 cm³/mol. The minimum absolute atomic E-state index is 0.103. The average Bonchev–Trinajstić information content (AvgIpc) is 2.15. The van der Waals surface area contributed by atoms with E-state index in [4.69, 9.17) is 5.26 Å². The van der Waals surface area contributed by atoms with Crippen LogP contribution < -0.4 is 0 Å². The summed E-state index contributed by atoms with van der Waals surface area (Å²) >= 11 is 0. The summed E-state index contributed by atoms with van der Waals surface area (Å²) in [6.07, 6.45) is -7.33. The highest BCUT2D eigenvalue weighted by Gasteiger charge is 2.31. The average molecular weight is 215 g/mol. The molecular weight excluding hydrogens is 207 g/mol. The van der Waals surface area contributed by atoms with Crippen molar-refractivity contribution in [3.63, 3.8) is 0 Å². The third-order valence-corrected chi connectivity index (χ3v) is 1.83. The van der Waals surface area contributed by atoms with Gasteiger partial charge in [-0.15, -0.1) is 0 Å². The van der Waals surface area contributed by atoms with Crippen molar-refractivity contribution in [2.45, 2.75) is 18.7 Å². The van der Waals surface area contributed by atoms with Gasteiger partial charge in [0.25, 0.3) is 0 Å². The molecular formula is C10H8F3NO. The lowest BCUT2D eigenvalue weighted by Gasteiger charge is -2.13. The standard InChI is InChI=1S/C10H8F3NO/c11-10(12,13)5-9(15)8-3-1-2-7(4-8)6-14/h1-4,9,15H,5H2. The lowest BCUT2D eigenvalue weighted by molar-refractivity contribution is -0.154. The predicted octanol–water partition coefficient (Wildman–Crippen LogP) is 2.54. The third kappa shape index (κ3) is 3.60. The zero-order valence-electron chi connectivity index (χ0n) is 7.62. The van der Waals surface area contributed by atoms with E-state index in [0.29, 0.717) is 0 Å². The van der Waals surface area contributed by atoms with Crippen molar-refractivity contribution in [3.05, 3.63) is 35.4 Å². The molecule has 1 aromatic rings. The Morgan fingerprint density at radius 2 is 2.07 bits per heavy atom. The van der Waals surface area contributed by atoms with Gasteiger partial charge in [-0.2, -0.15) is 18.4 Å². The van der Waals surface area contributed by atoms with Crippen LogP contribution in [0.25, 0.3) is 0 Å². The van der Waals surface area contributed by atoms with Crippen LogP contribution in [-0.4, -0.2) is 11.3 Å². The van der Waals surface area contributed by atoms with Gasteiger partial charge in [0.1, 0.15) is 0 Å². The van der Waals surface area contributed by atoms with E-state index in [1.54, 1.807) is 6.07 Å². The lowest BCUT2D eigenvalue weighted by Crippen LogP contribution is -2.13. The van der Waals surface area contributed by atoms with Gasteiger partial charge >= 0.3 is 6.18 Å². The molecule has 0 saturated carbocycles. The lowest BCUT2D eigenvalue weighted by atomic mass is 10.0. The smallest absolute Gasteiger partial charge is 0.388 e. The minimum atomic E-state index is -4.41. The number of hydrogen-bond donors (Lipinski definition) is 1. The van der Waals surface area contributed by atoms with E-state index in [0.717, 1.165) is 0 Å². The van der Waals surface area contributed by atoms with Crippen LogP contribution in [0.5, 0.6) is 0 Å². The molecule has 0 amide bonds. The first-order valence-corrected chi connectivity index (χ1v) is 4.17. The number of rotatable bonds is 2. The molecule has 1 atom stereocenters. The van der Waals surface area contributed by atoms with E-state index < -0.39 is 18.7 Å². The molecule has 0 aliphatic carbocycles. The van der Waals surface area contributed by atoms with Gasteiger partial charge in [0.2, 0.25) is 0 Å². The van der Waals surface area contributed by atoms with Gasteiger partial charge in [0, 0.05) is 0 Å². The van der Waals surface area contributed by atoms with Gasteiger partial charge in [-0.1, -0.05) is 12.1 Å². The molecule has 0 aliphatic rings. The van der Waals surface area contributed by atoms with E-state index in [1.165, 1.54) is 24.3 Å². The molecule has 0 aliphatic heterocycles. The maximum absolute atomic E-state index is 11.9. The fraction of sp³-hybridized carbons (Fsp3) is 0.300. The molecule has 0 fully saturated rings. The summed E-state index contributed by atoms with van der Waals surface area (Å²) in [5.74, 6) is 0. The quantitative estimate of drug-likeness (QED) is 0.823. The molecule has 5 heteroatoms. The minimum Gasteiger partial charge on any atom is -0.388 e. The fourth-order valence-electron chi connectivity index (χ4n) is 1.15. The summed E-state index contributed by atoms with van der Waals surface area (Å²) < 4.78 is 35.8. The summed E-state index contributed by atoms with van der Waals surface area (Å²) in [6.45, 7) is 0. The molecule has 0 saturated heterocycles. The van der Waals surface area contributed by atoms with Crippen molar-refractivity contribution in [2.75, 3.05) is 0 Å². The van der Waals surface area contributed by atoms with Crippen molar-refractivity contribution in [1.29, 1.82) is 5.26 Å². The van der Waals surface area contributed by atoms with Crippen LogP contribution in [-0.2, 0) is 0 Å². The zero-order chi connectivity index (χ0) is 11.5. The number of nitriles is 1. The van der Waals surface area contributed by atoms with Gasteiger partial charge in [0.15, 0.2) is 0 Å². The van der Waals surface area contributed by atoms with E-state index in [9.17, 15) is 18.3 Å². The van der Waals surface area contributed by atoms with Crippen LogP contribution in [0.4, 0.5) is 13.2 Å². The molecule has 0 spiro atoms. The number of nitrogens with zero attached hydrogens (tertiary/aromatic N) is 1. The maximum atomic E-state index is 11.9. The molecule has 2 nitrogen and oxygen atoms in total. The maximum Gasteiger partial charge on any atom is 0.391 e. The first-order valence-electron chi connectivity index (χ1n) is 4.17. The monoisotopic (exact) mass is 215 g/mol. The van der Waals surface area contributed by atoms with Crippen LogP contribution >= 0.6 is 0 Å². The second-order valence-corrected chi connectivity index (χ2v) is 3.07.